The van der Waals surface area contributed by atoms with Crippen LogP contribution in [0.2, 0.25) is 0 Å². The zero-order chi connectivity index (χ0) is 14.4. The number of aromatic nitrogens is 3. The van der Waals surface area contributed by atoms with E-state index >= 15 is 0 Å². The molecule has 0 atom stereocenters. The molecule has 0 aromatic carbocycles. The average Bonchev–Trinajstić information content (AvgIpc) is 2.84. The number of amides is 2. The second-order valence-corrected chi connectivity index (χ2v) is 3.98. The van der Waals surface area contributed by atoms with Crippen molar-refractivity contribution in [1.29, 1.82) is 0 Å². The molecule has 0 fully saturated rings. The Morgan fingerprint density at radius 1 is 1.40 bits per heavy atom. The lowest BCUT2D eigenvalue weighted by Crippen LogP contribution is -2.28. The van der Waals surface area contributed by atoms with Crippen LogP contribution in [0, 0.1) is 0 Å². The lowest BCUT2D eigenvalue weighted by Gasteiger charge is -2.05. The first kappa shape index (κ1) is 13.9. The SMILES string of the molecule is O=C(NCc1cccnc1)Nc1ccn(CC(F)F)n1. The van der Waals surface area contributed by atoms with Crippen LogP contribution in [0.15, 0.2) is 36.8 Å². The largest absolute Gasteiger partial charge is 0.334 e. The summed E-state index contributed by atoms with van der Waals surface area (Å²) in [6.45, 7) is -0.184. The predicted octanol–water partition coefficient (Wildman–Crippen LogP) is 1.86. The van der Waals surface area contributed by atoms with Crippen LogP contribution in [0.25, 0.3) is 0 Å². The maximum Gasteiger partial charge on any atom is 0.320 e. The number of nitrogens with one attached hydrogen (secondary N) is 2. The van der Waals surface area contributed by atoms with Gasteiger partial charge in [-0.1, -0.05) is 6.07 Å². The van der Waals surface area contributed by atoms with Gasteiger partial charge in [0.15, 0.2) is 5.82 Å². The molecule has 0 aliphatic carbocycles. The summed E-state index contributed by atoms with van der Waals surface area (Å²) in [4.78, 5) is 15.5. The van der Waals surface area contributed by atoms with Crippen molar-refractivity contribution in [1.82, 2.24) is 20.1 Å². The highest BCUT2D eigenvalue weighted by Crippen LogP contribution is 2.05. The second kappa shape index (κ2) is 6.60. The van der Waals surface area contributed by atoms with Crippen molar-refractivity contribution >= 4 is 11.8 Å². The van der Waals surface area contributed by atoms with E-state index in [2.05, 4.69) is 20.7 Å². The Bertz CT molecular complexity index is 558. The Morgan fingerprint density at radius 2 is 2.25 bits per heavy atom. The quantitative estimate of drug-likeness (QED) is 0.878. The highest BCUT2D eigenvalue weighted by atomic mass is 19.3. The summed E-state index contributed by atoms with van der Waals surface area (Å²) in [5.74, 6) is 0.217. The van der Waals surface area contributed by atoms with Gasteiger partial charge in [-0.2, -0.15) is 5.10 Å². The lowest BCUT2D eigenvalue weighted by atomic mass is 10.3. The van der Waals surface area contributed by atoms with E-state index in [1.165, 1.54) is 12.3 Å². The molecule has 20 heavy (non-hydrogen) atoms. The van der Waals surface area contributed by atoms with Gasteiger partial charge in [-0.05, 0) is 11.6 Å². The molecule has 2 heterocycles. The van der Waals surface area contributed by atoms with Gasteiger partial charge in [0.05, 0.1) is 0 Å². The molecular formula is C12H13F2N5O. The van der Waals surface area contributed by atoms with E-state index in [0.717, 1.165) is 10.2 Å². The monoisotopic (exact) mass is 281 g/mol. The number of hydrogen-bond donors (Lipinski definition) is 2. The third-order valence-corrected chi connectivity index (χ3v) is 2.38. The fourth-order valence-electron chi connectivity index (χ4n) is 1.52. The highest BCUT2D eigenvalue weighted by molar-refractivity contribution is 5.88. The number of alkyl halides is 2. The molecule has 2 rings (SSSR count). The van der Waals surface area contributed by atoms with Gasteiger partial charge in [-0.3, -0.25) is 15.0 Å². The molecule has 0 aliphatic heterocycles. The van der Waals surface area contributed by atoms with E-state index in [1.54, 1.807) is 18.5 Å². The summed E-state index contributed by atoms with van der Waals surface area (Å²) in [7, 11) is 0. The molecule has 0 spiro atoms. The van der Waals surface area contributed by atoms with E-state index in [4.69, 9.17) is 0 Å². The predicted molar refractivity (Wildman–Crippen MR) is 68.3 cm³/mol. The van der Waals surface area contributed by atoms with Gasteiger partial charge >= 0.3 is 6.03 Å². The van der Waals surface area contributed by atoms with Crippen molar-refractivity contribution in [2.75, 3.05) is 5.32 Å². The lowest BCUT2D eigenvalue weighted by molar-refractivity contribution is 0.122. The van der Waals surface area contributed by atoms with Crippen molar-refractivity contribution in [2.45, 2.75) is 19.5 Å². The van der Waals surface area contributed by atoms with Crippen LogP contribution in [0.4, 0.5) is 19.4 Å². The van der Waals surface area contributed by atoms with E-state index in [9.17, 15) is 13.6 Å². The van der Waals surface area contributed by atoms with Gasteiger partial charge in [0.2, 0.25) is 0 Å². The minimum absolute atomic E-state index is 0.217. The minimum atomic E-state index is -2.48. The summed E-state index contributed by atoms with van der Waals surface area (Å²) in [6, 6.07) is 4.58. The molecule has 8 heteroatoms. The summed E-state index contributed by atoms with van der Waals surface area (Å²) < 4.78 is 25.3. The number of rotatable bonds is 5. The van der Waals surface area contributed by atoms with E-state index < -0.39 is 19.0 Å². The molecule has 0 radical (unpaired) electrons. The summed E-state index contributed by atoms with van der Waals surface area (Å²) in [6.07, 6.45) is 2.17. The highest BCUT2D eigenvalue weighted by Gasteiger charge is 2.07. The summed E-state index contributed by atoms with van der Waals surface area (Å²) in [5.41, 5.74) is 0.853. The van der Waals surface area contributed by atoms with Gasteiger partial charge in [0.25, 0.3) is 6.43 Å². The smallest absolute Gasteiger partial charge is 0.320 e. The van der Waals surface area contributed by atoms with Crippen LogP contribution in [-0.2, 0) is 13.1 Å². The molecule has 0 saturated heterocycles. The fourth-order valence-corrected chi connectivity index (χ4v) is 1.52. The number of carbonyl (C=O) groups excluding carboxylic acids is 1. The maximum absolute atomic E-state index is 12.1. The zero-order valence-electron chi connectivity index (χ0n) is 10.5. The fraction of sp³-hybridized carbons (Fsp3) is 0.250. The number of halogens is 2. The van der Waals surface area contributed by atoms with Crippen LogP contribution in [0.5, 0.6) is 0 Å². The topological polar surface area (TPSA) is 71.8 Å². The molecule has 106 valence electrons. The molecule has 0 unspecified atom stereocenters. The van der Waals surface area contributed by atoms with Crippen LogP contribution < -0.4 is 10.6 Å². The third kappa shape index (κ3) is 4.30. The molecule has 2 aromatic rings. The molecule has 6 nitrogen and oxygen atoms in total. The average molecular weight is 281 g/mol. The molecule has 2 aromatic heterocycles. The molecule has 2 amide bonds. The van der Waals surface area contributed by atoms with Gasteiger partial charge in [0, 0.05) is 31.2 Å². The zero-order valence-corrected chi connectivity index (χ0v) is 10.5. The number of pyridine rings is 1. The molecule has 0 saturated carbocycles. The van der Waals surface area contributed by atoms with Gasteiger partial charge in [-0.15, -0.1) is 0 Å². The van der Waals surface area contributed by atoms with Crippen molar-refractivity contribution in [2.24, 2.45) is 0 Å². The van der Waals surface area contributed by atoms with Crippen molar-refractivity contribution in [3.05, 3.63) is 42.4 Å². The van der Waals surface area contributed by atoms with Gasteiger partial charge in [0.1, 0.15) is 6.54 Å². The first-order valence-electron chi connectivity index (χ1n) is 5.89. The Hall–Kier alpha value is -2.51. The van der Waals surface area contributed by atoms with Crippen LogP contribution >= 0.6 is 0 Å². The summed E-state index contributed by atoms with van der Waals surface area (Å²) >= 11 is 0. The first-order chi connectivity index (χ1) is 9.63. The first-order valence-corrected chi connectivity index (χ1v) is 5.89. The Kier molecular flexibility index (Phi) is 4.59. The standard InChI is InChI=1S/C12H13F2N5O/c13-10(14)8-19-5-3-11(18-19)17-12(20)16-7-9-2-1-4-15-6-9/h1-6,10H,7-8H2,(H2,16,17,18,20). The van der Waals surface area contributed by atoms with Crippen molar-refractivity contribution in [3.63, 3.8) is 0 Å². The minimum Gasteiger partial charge on any atom is -0.334 e. The Morgan fingerprint density at radius 3 is 2.95 bits per heavy atom. The van der Waals surface area contributed by atoms with Gasteiger partial charge in [-0.25, -0.2) is 13.6 Å². The molecule has 2 N–H and O–H groups in total. The van der Waals surface area contributed by atoms with Crippen LogP contribution in [-0.4, -0.2) is 27.2 Å². The summed E-state index contributed by atoms with van der Waals surface area (Å²) in [5, 5.41) is 8.87. The number of urea groups is 1. The van der Waals surface area contributed by atoms with E-state index in [1.807, 2.05) is 6.07 Å². The van der Waals surface area contributed by atoms with Crippen LogP contribution in [0.1, 0.15) is 5.56 Å². The molecule has 0 aliphatic rings. The number of nitrogens with zero attached hydrogens (tertiary/aromatic N) is 3. The second-order valence-electron chi connectivity index (χ2n) is 3.98. The van der Waals surface area contributed by atoms with Crippen LogP contribution in [0.3, 0.4) is 0 Å². The normalized spacial score (nSPS) is 10.6. The third-order valence-electron chi connectivity index (χ3n) is 2.38. The number of anilines is 1. The maximum atomic E-state index is 12.1. The number of carbonyl (C=O) groups is 1. The van der Waals surface area contributed by atoms with E-state index in [-0.39, 0.29) is 5.82 Å². The molecule has 0 bridgehead atoms. The van der Waals surface area contributed by atoms with Crippen molar-refractivity contribution in [3.8, 4) is 0 Å². The number of hydrogen-bond acceptors (Lipinski definition) is 3. The van der Waals surface area contributed by atoms with Crippen molar-refractivity contribution < 1.29 is 13.6 Å². The Balaban J connectivity index is 1.81. The Labute approximate surface area is 113 Å². The van der Waals surface area contributed by atoms with Gasteiger partial charge < -0.3 is 5.32 Å². The molecular weight excluding hydrogens is 268 g/mol. The van der Waals surface area contributed by atoms with E-state index in [0.29, 0.717) is 6.54 Å².